The number of thiophene rings is 1. The first-order valence-corrected chi connectivity index (χ1v) is 5.26. The first kappa shape index (κ1) is 10.8. The van der Waals surface area contributed by atoms with Crippen LogP contribution in [0, 0.1) is 6.92 Å². The Morgan fingerprint density at radius 2 is 2.08 bits per heavy atom. The van der Waals surface area contributed by atoms with Crippen molar-refractivity contribution < 1.29 is 9.53 Å². The molecule has 2 nitrogen and oxygen atoms in total. The highest BCUT2D eigenvalue weighted by Crippen LogP contribution is 2.36. The van der Waals surface area contributed by atoms with Crippen LogP contribution in [0.3, 0.4) is 0 Å². The lowest BCUT2D eigenvalue weighted by molar-refractivity contribution is 0.0526. The van der Waals surface area contributed by atoms with E-state index in [2.05, 4.69) is 0 Å². The highest BCUT2D eigenvalue weighted by atomic mass is 35.5. The van der Waals surface area contributed by atoms with Crippen LogP contribution < -0.4 is 0 Å². The third-order valence-electron chi connectivity index (χ3n) is 1.53. The molecule has 13 heavy (non-hydrogen) atoms. The van der Waals surface area contributed by atoms with Crippen LogP contribution in [0.2, 0.25) is 8.67 Å². The zero-order valence-electron chi connectivity index (χ0n) is 7.19. The average Bonchev–Trinajstić information content (AvgIpc) is 2.27. The van der Waals surface area contributed by atoms with Crippen molar-refractivity contribution in [2.45, 2.75) is 13.8 Å². The van der Waals surface area contributed by atoms with E-state index in [0.29, 0.717) is 26.4 Å². The molecule has 0 spiro atoms. The molecule has 0 amide bonds. The molecule has 72 valence electrons. The summed E-state index contributed by atoms with van der Waals surface area (Å²) in [5, 5.41) is 0. The van der Waals surface area contributed by atoms with E-state index in [-0.39, 0.29) is 0 Å². The van der Waals surface area contributed by atoms with Gasteiger partial charge in [0.05, 0.1) is 16.5 Å². The van der Waals surface area contributed by atoms with Gasteiger partial charge in [-0.2, -0.15) is 0 Å². The van der Waals surface area contributed by atoms with Gasteiger partial charge >= 0.3 is 5.97 Å². The molecule has 1 aromatic rings. The normalized spacial score (nSPS) is 10.2. The molecule has 0 N–H and O–H groups in total. The molecule has 0 aromatic carbocycles. The number of hydrogen-bond donors (Lipinski definition) is 0. The second-order valence-corrected chi connectivity index (χ2v) is 4.59. The average molecular weight is 239 g/mol. The summed E-state index contributed by atoms with van der Waals surface area (Å²) in [7, 11) is 0. The maximum absolute atomic E-state index is 11.3. The molecular formula is C8H8Cl2O2S. The van der Waals surface area contributed by atoms with Crippen LogP contribution in [0.4, 0.5) is 0 Å². The van der Waals surface area contributed by atoms with Gasteiger partial charge in [0.25, 0.3) is 0 Å². The molecule has 1 rings (SSSR count). The van der Waals surface area contributed by atoms with E-state index in [1.54, 1.807) is 13.8 Å². The molecule has 0 aliphatic carbocycles. The fourth-order valence-corrected chi connectivity index (χ4v) is 2.53. The van der Waals surface area contributed by atoms with Crippen LogP contribution in [-0.4, -0.2) is 12.6 Å². The Bertz CT molecular complexity index is 333. The summed E-state index contributed by atoms with van der Waals surface area (Å²) in [6.07, 6.45) is 0. The molecule has 0 saturated heterocycles. The summed E-state index contributed by atoms with van der Waals surface area (Å²) in [6, 6.07) is 0. The van der Waals surface area contributed by atoms with Gasteiger partial charge in [-0.1, -0.05) is 23.2 Å². The second-order valence-electron chi connectivity index (χ2n) is 2.37. The Hall–Kier alpha value is -0.250. The predicted molar refractivity (Wildman–Crippen MR) is 55.0 cm³/mol. The maximum atomic E-state index is 11.3. The van der Waals surface area contributed by atoms with Gasteiger partial charge in [0.1, 0.15) is 4.34 Å². The van der Waals surface area contributed by atoms with Gasteiger partial charge in [-0.15, -0.1) is 11.3 Å². The first-order chi connectivity index (χ1) is 6.07. The second kappa shape index (κ2) is 4.31. The zero-order chi connectivity index (χ0) is 10.0. The van der Waals surface area contributed by atoms with Crippen molar-refractivity contribution in [2.24, 2.45) is 0 Å². The van der Waals surface area contributed by atoms with E-state index in [4.69, 9.17) is 27.9 Å². The largest absolute Gasteiger partial charge is 0.462 e. The predicted octanol–water partition coefficient (Wildman–Crippen LogP) is 3.54. The smallest absolute Gasteiger partial charge is 0.340 e. The van der Waals surface area contributed by atoms with Crippen molar-refractivity contribution in [1.29, 1.82) is 0 Å². The Labute approximate surface area is 90.4 Å². The summed E-state index contributed by atoms with van der Waals surface area (Å²) >= 11 is 12.8. The molecule has 0 aliphatic rings. The number of ether oxygens (including phenoxy) is 1. The fraction of sp³-hybridized carbons (Fsp3) is 0.375. The lowest BCUT2D eigenvalue weighted by Crippen LogP contribution is -2.05. The molecule has 0 saturated carbocycles. The number of rotatable bonds is 2. The first-order valence-electron chi connectivity index (χ1n) is 3.69. The van der Waals surface area contributed by atoms with E-state index in [1.165, 1.54) is 11.3 Å². The minimum absolute atomic E-state index is 0.335. The molecule has 1 aromatic heterocycles. The van der Waals surface area contributed by atoms with E-state index >= 15 is 0 Å². The molecule has 0 atom stereocenters. The van der Waals surface area contributed by atoms with Crippen molar-refractivity contribution in [3.63, 3.8) is 0 Å². The molecule has 0 aliphatic heterocycles. The zero-order valence-corrected chi connectivity index (χ0v) is 9.52. The van der Waals surface area contributed by atoms with Crippen molar-refractivity contribution in [3.8, 4) is 0 Å². The molecular weight excluding hydrogens is 231 g/mol. The Morgan fingerprint density at radius 3 is 2.46 bits per heavy atom. The highest BCUT2D eigenvalue weighted by Gasteiger charge is 2.19. The Morgan fingerprint density at radius 1 is 1.46 bits per heavy atom. The number of esters is 1. The summed E-state index contributed by atoms with van der Waals surface area (Å²) in [4.78, 5) is 11.3. The molecule has 1 heterocycles. The van der Waals surface area contributed by atoms with Gasteiger partial charge in [0.15, 0.2) is 0 Å². The van der Waals surface area contributed by atoms with Crippen LogP contribution in [0.5, 0.6) is 0 Å². The standard InChI is InChI=1S/C8H8Cl2O2S/c1-3-12-8(11)5-4(2)6(9)13-7(5)10/h3H2,1-2H3. The van der Waals surface area contributed by atoms with Crippen molar-refractivity contribution in [2.75, 3.05) is 6.61 Å². The molecule has 0 unspecified atom stereocenters. The fourth-order valence-electron chi connectivity index (χ4n) is 0.889. The molecule has 0 bridgehead atoms. The van der Waals surface area contributed by atoms with Crippen molar-refractivity contribution >= 4 is 40.5 Å². The van der Waals surface area contributed by atoms with Gasteiger partial charge in [-0.05, 0) is 19.4 Å². The van der Waals surface area contributed by atoms with E-state index < -0.39 is 5.97 Å². The van der Waals surface area contributed by atoms with Crippen molar-refractivity contribution in [3.05, 3.63) is 19.8 Å². The summed E-state index contributed by atoms with van der Waals surface area (Å²) in [5.74, 6) is -0.409. The van der Waals surface area contributed by atoms with Crippen LogP contribution in [-0.2, 0) is 4.74 Å². The number of carbonyl (C=O) groups is 1. The quantitative estimate of drug-likeness (QED) is 0.738. The van der Waals surface area contributed by atoms with Crippen LogP contribution in [0.1, 0.15) is 22.8 Å². The van der Waals surface area contributed by atoms with Gasteiger partial charge in [-0.3, -0.25) is 0 Å². The number of hydrogen-bond acceptors (Lipinski definition) is 3. The summed E-state index contributed by atoms with van der Waals surface area (Å²) in [5.41, 5.74) is 1.08. The molecule has 0 fully saturated rings. The minimum atomic E-state index is -0.409. The third kappa shape index (κ3) is 2.16. The van der Waals surface area contributed by atoms with Crippen LogP contribution >= 0.6 is 34.5 Å². The van der Waals surface area contributed by atoms with Gasteiger partial charge in [0.2, 0.25) is 0 Å². The highest BCUT2D eigenvalue weighted by molar-refractivity contribution is 7.20. The van der Waals surface area contributed by atoms with Crippen molar-refractivity contribution in [1.82, 2.24) is 0 Å². The molecule has 0 radical (unpaired) electrons. The van der Waals surface area contributed by atoms with E-state index in [0.717, 1.165) is 0 Å². The van der Waals surface area contributed by atoms with Gasteiger partial charge in [-0.25, -0.2) is 4.79 Å². The summed E-state index contributed by atoms with van der Waals surface area (Å²) < 4.78 is 5.75. The Balaban J connectivity index is 3.06. The summed E-state index contributed by atoms with van der Waals surface area (Å²) in [6.45, 7) is 3.83. The van der Waals surface area contributed by atoms with E-state index in [1.807, 2.05) is 0 Å². The SMILES string of the molecule is CCOC(=O)c1c(Cl)sc(Cl)c1C. The minimum Gasteiger partial charge on any atom is -0.462 e. The number of halogens is 2. The van der Waals surface area contributed by atoms with Crippen LogP contribution in [0.15, 0.2) is 0 Å². The van der Waals surface area contributed by atoms with Crippen LogP contribution in [0.25, 0.3) is 0 Å². The lowest BCUT2D eigenvalue weighted by atomic mass is 10.2. The number of carbonyl (C=O) groups excluding carboxylic acids is 1. The monoisotopic (exact) mass is 238 g/mol. The molecule has 5 heteroatoms. The lowest BCUT2D eigenvalue weighted by Gasteiger charge is -2.00. The topological polar surface area (TPSA) is 26.3 Å². The van der Waals surface area contributed by atoms with Gasteiger partial charge < -0.3 is 4.74 Å². The van der Waals surface area contributed by atoms with Gasteiger partial charge in [0, 0.05) is 0 Å². The Kier molecular flexibility index (Phi) is 3.59. The third-order valence-corrected chi connectivity index (χ3v) is 3.33. The van der Waals surface area contributed by atoms with E-state index in [9.17, 15) is 4.79 Å². The maximum Gasteiger partial charge on any atom is 0.340 e.